The number of piperidine rings is 1. The fourth-order valence-corrected chi connectivity index (χ4v) is 5.41. The standard InChI is InChI=1S/C21H32N2O/c1-3-20-21(24-16-22(20)4-2)11-13-23(14-12-21)19-10-9-17-7-5-6-8-18(17)15-19/h5-8,19-20H,3-4,9-16H2,1-2H3. The van der Waals surface area contributed by atoms with Crippen LogP contribution in [0.25, 0.3) is 0 Å². The first-order valence-electron chi connectivity index (χ1n) is 9.94. The van der Waals surface area contributed by atoms with Crippen LogP contribution in [0.3, 0.4) is 0 Å². The number of likely N-dealkylation sites (N-methyl/N-ethyl adjacent to an activating group) is 1. The third kappa shape index (κ3) is 2.81. The summed E-state index contributed by atoms with van der Waals surface area (Å²) in [6.45, 7) is 8.96. The Morgan fingerprint density at radius 2 is 1.88 bits per heavy atom. The molecule has 2 fully saturated rings. The average molecular weight is 329 g/mol. The van der Waals surface area contributed by atoms with E-state index in [1.807, 2.05) is 0 Å². The summed E-state index contributed by atoms with van der Waals surface area (Å²) >= 11 is 0. The van der Waals surface area contributed by atoms with Crippen molar-refractivity contribution < 1.29 is 4.74 Å². The molecule has 0 N–H and O–H groups in total. The van der Waals surface area contributed by atoms with Gasteiger partial charge >= 0.3 is 0 Å². The number of nitrogens with zero attached hydrogens (tertiary/aromatic N) is 2. The Morgan fingerprint density at radius 3 is 2.58 bits per heavy atom. The van der Waals surface area contributed by atoms with Crippen LogP contribution in [0, 0.1) is 0 Å². The molecule has 3 nitrogen and oxygen atoms in total. The van der Waals surface area contributed by atoms with Gasteiger partial charge in [0.15, 0.2) is 0 Å². The largest absolute Gasteiger partial charge is 0.358 e. The number of rotatable bonds is 3. The number of hydrogen-bond acceptors (Lipinski definition) is 3. The Kier molecular flexibility index (Phi) is 4.68. The highest BCUT2D eigenvalue weighted by Gasteiger charge is 2.49. The van der Waals surface area contributed by atoms with E-state index < -0.39 is 0 Å². The molecule has 0 bridgehead atoms. The Hall–Kier alpha value is -0.900. The minimum Gasteiger partial charge on any atom is -0.358 e. The molecule has 3 aliphatic rings. The molecular weight excluding hydrogens is 296 g/mol. The van der Waals surface area contributed by atoms with Crippen LogP contribution in [0.5, 0.6) is 0 Å². The van der Waals surface area contributed by atoms with Crippen LogP contribution in [-0.2, 0) is 17.6 Å². The fourth-order valence-electron chi connectivity index (χ4n) is 5.41. The van der Waals surface area contributed by atoms with Gasteiger partial charge in [-0.25, -0.2) is 0 Å². The summed E-state index contributed by atoms with van der Waals surface area (Å²) in [6.07, 6.45) is 7.44. The van der Waals surface area contributed by atoms with Gasteiger partial charge in [-0.15, -0.1) is 0 Å². The first kappa shape index (κ1) is 16.6. The second kappa shape index (κ2) is 6.78. The Balaban J connectivity index is 1.40. The summed E-state index contributed by atoms with van der Waals surface area (Å²) in [5, 5.41) is 0. The molecule has 0 aromatic heterocycles. The van der Waals surface area contributed by atoms with Gasteiger partial charge in [0, 0.05) is 25.2 Å². The van der Waals surface area contributed by atoms with Gasteiger partial charge in [-0.05, 0) is 56.2 Å². The molecular formula is C21H32N2O. The predicted molar refractivity (Wildman–Crippen MR) is 98.2 cm³/mol. The van der Waals surface area contributed by atoms with E-state index in [1.54, 1.807) is 11.1 Å². The maximum Gasteiger partial charge on any atom is 0.100 e. The fraction of sp³-hybridized carbons (Fsp3) is 0.714. The van der Waals surface area contributed by atoms with Crippen LogP contribution in [0.15, 0.2) is 24.3 Å². The third-order valence-corrected chi connectivity index (χ3v) is 6.84. The highest BCUT2D eigenvalue weighted by Crippen LogP contribution is 2.40. The molecule has 0 radical (unpaired) electrons. The Labute approximate surface area is 147 Å². The van der Waals surface area contributed by atoms with E-state index in [1.165, 1.54) is 51.6 Å². The SMILES string of the molecule is CCC1N(CC)COC12CCN(C1CCc3ccccc3C1)CC2. The van der Waals surface area contributed by atoms with Crippen molar-refractivity contribution in [3.05, 3.63) is 35.4 Å². The molecule has 2 aliphatic heterocycles. The summed E-state index contributed by atoms with van der Waals surface area (Å²) in [4.78, 5) is 5.29. The van der Waals surface area contributed by atoms with E-state index in [2.05, 4.69) is 47.9 Å². The van der Waals surface area contributed by atoms with E-state index in [0.717, 1.165) is 19.3 Å². The summed E-state index contributed by atoms with van der Waals surface area (Å²) in [5.41, 5.74) is 3.29. The van der Waals surface area contributed by atoms with Gasteiger partial charge in [0.05, 0.1) is 5.60 Å². The Morgan fingerprint density at radius 1 is 1.12 bits per heavy atom. The molecule has 4 rings (SSSR count). The first-order chi connectivity index (χ1) is 11.8. The maximum atomic E-state index is 6.38. The van der Waals surface area contributed by atoms with Gasteiger partial charge in [-0.3, -0.25) is 9.80 Å². The molecule has 132 valence electrons. The second-order valence-corrected chi connectivity index (χ2v) is 7.87. The first-order valence-corrected chi connectivity index (χ1v) is 9.94. The van der Waals surface area contributed by atoms with Crippen molar-refractivity contribution in [3.63, 3.8) is 0 Å². The highest BCUT2D eigenvalue weighted by molar-refractivity contribution is 5.30. The van der Waals surface area contributed by atoms with Gasteiger partial charge in [-0.1, -0.05) is 38.1 Å². The summed E-state index contributed by atoms with van der Waals surface area (Å²) in [5.74, 6) is 0. The number of likely N-dealkylation sites (tertiary alicyclic amines) is 1. The smallest absolute Gasteiger partial charge is 0.100 e. The van der Waals surface area contributed by atoms with Gasteiger partial charge in [-0.2, -0.15) is 0 Å². The molecule has 1 aliphatic carbocycles. The number of ether oxygens (including phenoxy) is 1. The van der Waals surface area contributed by atoms with Crippen molar-refractivity contribution in [2.24, 2.45) is 0 Å². The molecule has 24 heavy (non-hydrogen) atoms. The van der Waals surface area contributed by atoms with Crippen LogP contribution < -0.4 is 0 Å². The Bertz CT molecular complexity index is 565. The maximum absolute atomic E-state index is 6.38. The zero-order valence-electron chi connectivity index (χ0n) is 15.3. The van der Waals surface area contributed by atoms with E-state index in [0.29, 0.717) is 6.04 Å². The highest BCUT2D eigenvalue weighted by atomic mass is 16.5. The molecule has 2 saturated heterocycles. The summed E-state index contributed by atoms with van der Waals surface area (Å²) in [7, 11) is 0. The second-order valence-electron chi connectivity index (χ2n) is 7.87. The van der Waals surface area contributed by atoms with Crippen LogP contribution in [-0.4, -0.2) is 53.8 Å². The number of hydrogen-bond donors (Lipinski definition) is 0. The normalized spacial score (nSPS) is 30.6. The van der Waals surface area contributed by atoms with E-state index in [4.69, 9.17) is 4.74 Å². The average Bonchev–Trinajstić information content (AvgIpc) is 2.99. The van der Waals surface area contributed by atoms with Crippen molar-refractivity contribution in [2.75, 3.05) is 26.4 Å². The molecule has 2 atom stereocenters. The summed E-state index contributed by atoms with van der Waals surface area (Å²) < 4.78 is 6.38. The minimum absolute atomic E-state index is 0.133. The quantitative estimate of drug-likeness (QED) is 0.845. The molecule has 0 amide bonds. The lowest BCUT2D eigenvalue weighted by atomic mass is 9.81. The predicted octanol–water partition coefficient (Wildman–Crippen LogP) is 3.47. The zero-order valence-corrected chi connectivity index (χ0v) is 15.3. The van der Waals surface area contributed by atoms with Crippen LogP contribution in [0.4, 0.5) is 0 Å². The molecule has 2 heterocycles. The van der Waals surface area contributed by atoms with Crippen LogP contribution >= 0.6 is 0 Å². The molecule has 2 unspecified atom stereocenters. The third-order valence-electron chi connectivity index (χ3n) is 6.84. The molecule has 1 aromatic carbocycles. The molecule has 3 heteroatoms. The lowest BCUT2D eigenvalue weighted by Crippen LogP contribution is -2.54. The van der Waals surface area contributed by atoms with Crippen molar-refractivity contribution in [1.82, 2.24) is 9.80 Å². The minimum atomic E-state index is 0.133. The van der Waals surface area contributed by atoms with Gasteiger partial charge in [0.25, 0.3) is 0 Å². The van der Waals surface area contributed by atoms with Crippen molar-refractivity contribution in [3.8, 4) is 0 Å². The van der Waals surface area contributed by atoms with Crippen molar-refractivity contribution >= 4 is 0 Å². The molecule has 1 spiro atoms. The van der Waals surface area contributed by atoms with Crippen molar-refractivity contribution in [2.45, 2.75) is 70.1 Å². The monoisotopic (exact) mass is 328 g/mol. The van der Waals surface area contributed by atoms with E-state index in [9.17, 15) is 0 Å². The summed E-state index contributed by atoms with van der Waals surface area (Å²) in [6, 6.07) is 10.4. The molecule has 0 saturated carbocycles. The van der Waals surface area contributed by atoms with Crippen molar-refractivity contribution in [1.29, 1.82) is 0 Å². The van der Waals surface area contributed by atoms with Crippen LogP contribution in [0.2, 0.25) is 0 Å². The van der Waals surface area contributed by atoms with Crippen LogP contribution in [0.1, 0.15) is 50.7 Å². The van der Waals surface area contributed by atoms with Gasteiger partial charge < -0.3 is 4.74 Å². The number of aryl methyl sites for hydroxylation is 1. The van der Waals surface area contributed by atoms with E-state index >= 15 is 0 Å². The number of benzene rings is 1. The van der Waals surface area contributed by atoms with E-state index in [-0.39, 0.29) is 5.60 Å². The van der Waals surface area contributed by atoms with Gasteiger partial charge in [0.2, 0.25) is 0 Å². The zero-order chi connectivity index (χ0) is 16.6. The number of fused-ring (bicyclic) bond motifs is 1. The molecule has 1 aromatic rings. The lowest BCUT2D eigenvalue weighted by Gasteiger charge is -2.45. The topological polar surface area (TPSA) is 15.7 Å². The van der Waals surface area contributed by atoms with Gasteiger partial charge in [0.1, 0.15) is 6.73 Å². The lowest BCUT2D eigenvalue weighted by molar-refractivity contribution is -0.0600.